The summed E-state index contributed by atoms with van der Waals surface area (Å²) in [7, 11) is 0. The molecule has 1 amide bonds. The first-order valence-corrected chi connectivity index (χ1v) is 13.7. The monoisotopic (exact) mass is 532 g/mol. The number of likely N-dealkylation sites (tertiary alicyclic amines) is 1. The number of fused-ring (bicyclic) bond motifs is 1. The third kappa shape index (κ3) is 4.84. The molecule has 38 heavy (non-hydrogen) atoms. The molecule has 2 aromatic carbocycles. The molecule has 3 aromatic rings. The zero-order valence-electron chi connectivity index (χ0n) is 21.8. The summed E-state index contributed by atoms with van der Waals surface area (Å²) in [4.78, 5) is 24.0. The minimum absolute atomic E-state index is 0.00625. The van der Waals surface area contributed by atoms with E-state index in [0.29, 0.717) is 35.3 Å². The molecule has 0 saturated carbocycles. The van der Waals surface area contributed by atoms with E-state index in [-0.39, 0.29) is 5.91 Å². The number of aromatic nitrogens is 2. The molecule has 2 fully saturated rings. The first kappa shape index (κ1) is 25.1. The lowest BCUT2D eigenvalue weighted by molar-refractivity contribution is -0.119. The second-order valence-corrected chi connectivity index (χ2v) is 11.3. The van der Waals surface area contributed by atoms with E-state index < -0.39 is 5.41 Å². The molecular weight excluding hydrogens is 500 g/mol. The molecule has 6 rings (SSSR count). The van der Waals surface area contributed by atoms with Gasteiger partial charge in [0.2, 0.25) is 11.9 Å². The van der Waals surface area contributed by atoms with Crippen LogP contribution in [0, 0.1) is 0 Å². The highest BCUT2D eigenvalue weighted by Crippen LogP contribution is 2.40. The summed E-state index contributed by atoms with van der Waals surface area (Å²) in [5.74, 6) is 1.61. The predicted molar refractivity (Wildman–Crippen MR) is 150 cm³/mol. The van der Waals surface area contributed by atoms with E-state index in [1.54, 1.807) is 6.20 Å². The lowest BCUT2D eigenvalue weighted by atomic mass is 9.83. The van der Waals surface area contributed by atoms with Gasteiger partial charge in [0.1, 0.15) is 5.02 Å². The van der Waals surface area contributed by atoms with Crippen molar-refractivity contribution < 1.29 is 9.53 Å². The van der Waals surface area contributed by atoms with E-state index >= 15 is 0 Å². The molecule has 1 aromatic heterocycles. The van der Waals surface area contributed by atoms with Crippen LogP contribution in [0.3, 0.4) is 0 Å². The van der Waals surface area contributed by atoms with Crippen LogP contribution in [0.2, 0.25) is 5.02 Å². The Morgan fingerprint density at radius 2 is 1.89 bits per heavy atom. The van der Waals surface area contributed by atoms with Gasteiger partial charge in [0.15, 0.2) is 5.82 Å². The van der Waals surface area contributed by atoms with Crippen LogP contribution in [0.25, 0.3) is 0 Å². The Hall–Kier alpha value is -3.20. The molecule has 0 unspecified atom stereocenters. The van der Waals surface area contributed by atoms with Crippen molar-refractivity contribution in [3.05, 3.63) is 70.4 Å². The van der Waals surface area contributed by atoms with Crippen molar-refractivity contribution in [2.75, 3.05) is 42.3 Å². The van der Waals surface area contributed by atoms with Gasteiger partial charge in [0.25, 0.3) is 0 Å². The van der Waals surface area contributed by atoms with Crippen LogP contribution in [-0.4, -0.2) is 53.1 Å². The zero-order valence-corrected chi connectivity index (χ0v) is 22.5. The summed E-state index contributed by atoms with van der Waals surface area (Å²) in [5.41, 5.74) is 4.60. The SMILES string of the molecule is CC1(C)C(=O)Nc2cccc(CNc3nc(Nc4ccc(C5CCN(C6COC6)CC5)cc4)ncc3Cl)c21. The number of hydrogen-bond donors (Lipinski definition) is 3. The molecule has 8 nitrogen and oxygen atoms in total. The molecule has 0 bridgehead atoms. The molecule has 2 saturated heterocycles. The van der Waals surface area contributed by atoms with Gasteiger partial charge in [-0.3, -0.25) is 9.69 Å². The number of halogens is 1. The summed E-state index contributed by atoms with van der Waals surface area (Å²) in [6.07, 6.45) is 3.97. The van der Waals surface area contributed by atoms with Crippen LogP contribution in [0.15, 0.2) is 48.7 Å². The van der Waals surface area contributed by atoms with E-state index in [2.05, 4.69) is 55.1 Å². The van der Waals surface area contributed by atoms with Crippen molar-refractivity contribution in [3.63, 3.8) is 0 Å². The average Bonchev–Trinajstić information content (AvgIpc) is 3.12. The molecule has 0 aliphatic carbocycles. The fraction of sp³-hybridized carbons (Fsp3) is 0.414. The second kappa shape index (κ2) is 10.2. The summed E-state index contributed by atoms with van der Waals surface area (Å²) in [5, 5.41) is 10.0. The Morgan fingerprint density at radius 3 is 2.61 bits per heavy atom. The zero-order chi connectivity index (χ0) is 26.3. The van der Waals surface area contributed by atoms with Gasteiger partial charge in [0, 0.05) is 17.9 Å². The Balaban J connectivity index is 1.10. The fourth-order valence-electron chi connectivity index (χ4n) is 5.71. The maximum atomic E-state index is 12.4. The van der Waals surface area contributed by atoms with Gasteiger partial charge in [-0.25, -0.2) is 4.98 Å². The molecular formula is C29H33ClN6O2. The maximum Gasteiger partial charge on any atom is 0.234 e. The summed E-state index contributed by atoms with van der Waals surface area (Å²) >= 11 is 6.42. The minimum atomic E-state index is -0.593. The van der Waals surface area contributed by atoms with Gasteiger partial charge in [-0.05, 0) is 80.6 Å². The second-order valence-electron chi connectivity index (χ2n) is 10.9. The van der Waals surface area contributed by atoms with E-state index in [0.717, 1.165) is 48.8 Å². The summed E-state index contributed by atoms with van der Waals surface area (Å²) in [6.45, 7) is 8.43. The number of carbonyl (C=O) groups excluding carboxylic acids is 1. The van der Waals surface area contributed by atoms with E-state index in [1.165, 1.54) is 18.4 Å². The molecule has 9 heteroatoms. The van der Waals surface area contributed by atoms with Crippen molar-refractivity contribution in [2.45, 2.75) is 50.6 Å². The van der Waals surface area contributed by atoms with Crippen molar-refractivity contribution >= 4 is 40.6 Å². The highest BCUT2D eigenvalue weighted by molar-refractivity contribution is 6.32. The van der Waals surface area contributed by atoms with Gasteiger partial charge in [-0.1, -0.05) is 35.9 Å². The lowest BCUT2D eigenvalue weighted by Gasteiger charge is -2.41. The van der Waals surface area contributed by atoms with Crippen molar-refractivity contribution in [2.24, 2.45) is 0 Å². The standard InChI is InChI=1S/C29H33ClN6O2/c1-29(2)25-20(4-3-5-24(25)34-27(29)37)14-31-26-23(30)15-32-28(35-26)33-21-8-6-18(7-9-21)19-10-12-36(13-11-19)22-16-38-17-22/h3-9,15,19,22H,10-14,16-17H2,1-2H3,(H,34,37)(H2,31,32,33,35). The van der Waals surface area contributed by atoms with Crippen LogP contribution in [0.4, 0.5) is 23.1 Å². The quantitative estimate of drug-likeness (QED) is 0.380. The van der Waals surface area contributed by atoms with Gasteiger partial charge in [-0.2, -0.15) is 4.98 Å². The topological polar surface area (TPSA) is 91.4 Å². The Kier molecular flexibility index (Phi) is 6.72. The number of piperidine rings is 1. The van der Waals surface area contributed by atoms with E-state index in [1.807, 2.05) is 32.0 Å². The van der Waals surface area contributed by atoms with Gasteiger partial charge >= 0.3 is 0 Å². The molecule has 0 spiro atoms. The molecule has 3 N–H and O–H groups in total. The number of hydrogen-bond acceptors (Lipinski definition) is 7. The van der Waals surface area contributed by atoms with E-state index in [9.17, 15) is 4.79 Å². The van der Waals surface area contributed by atoms with E-state index in [4.69, 9.17) is 16.3 Å². The fourth-order valence-corrected chi connectivity index (χ4v) is 5.87. The van der Waals surface area contributed by atoms with Crippen molar-refractivity contribution in [3.8, 4) is 0 Å². The number of ether oxygens (including phenoxy) is 1. The highest BCUT2D eigenvalue weighted by Gasteiger charge is 2.40. The summed E-state index contributed by atoms with van der Waals surface area (Å²) < 4.78 is 5.35. The molecule has 3 aliphatic rings. The molecule has 198 valence electrons. The smallest absolute Gasteiger partial charge is 0.234 e. The normalized spacial score (nSPS) is 19.5. The first-order chi connectivity index (χ1) is 18.4. The molecule has 0 atom stereocenters. The number of nitrogens with one attached hydrogen (secondary N) is 3. The minimum Gasteiger partial charge on any atom is -0.378 e. The average molecular weight is 533 g/mol. The number of rotatable bonds is 7. The van der Waals surface area contributed by atoms with Crippen molar-refractivity contribution in [1.82, 2.24) is 14.9 Å². The van der Waals surface area contributed by atoms with Crippen molar-refractivity contribution in [1.29, 1.82) is 0 Å². The van der Waals surface area contributed by atoms with Gasteiger partial charge in [-0.15, -0.1) is 0 Å². The maximum absolute atomic E-state index is 12.4. The molecule has 4 heterocycles. The Morgan fingerprint density at radius 1 is 1.13 bits per heavy atom. The number of amides is 1. The largest absolute Gasteiger partial charge is 0.378 e. The Labute approximate surface area is 228 Å². The molecule has 0 radical (unpaired) electrons. The predicted octanol–water partition coefficient (Wildman–Crippen LogP) is 5.29. The third-order valence-corrected chi connectivity index (χ3v) is 8.36. The molecule has 3 aliphatic heterocycles. The number of nitrogens with zero attached hydrogens (tertiary/aromatic N) is 3. The van der Waals surface area contributed by atoms with Crippen LogP contribution in [-0.2, 0) is 21.5 Å². The first-order valence-electron chi connectivity index (χ1n) is 13.3. The van der Waals surface area contributed by atoms with Crippen LogP contribution < -0.4 is 16.0 Å². The number of benzene rings is 2. The van der Waals surface area contributed by atoms with Crippen LogP contribution in [0.5, 0.6) is 0 Å². The van der Waals surface area contributed by atoms with Gasteiger partial charge < -0.3 is 20.7 Å². The van der Waals surface area contributed by atoms with Gasteiger partial charge in [0.05, 0.1) is 30.9 Å². The summed E-state index contributed by atoms with van der Waals surface area (Å²) in [6, 6.07) is 15.1. The third-order valence-electron chi connectivity index (χ3n) is 8.09. The van der Waals surface area contributed by atoms with Crippen LogP contribution in [0.1, 0.15) is 49.3 Å². The van der Waals surface area contributed by atoms with Crippen LogP contribution >= 0.6 is 11.6 Å². The lowest BCUT2D eigenvalue weighted by Crippen LogP contribution is -2.51. The highest BCUT2D eigenvalue weighted by atomic mass is 35.5. The Bertz CT molecular complexity index is 1330. The number of anilines is 4. The number of carbonyl (C=O) groups is 1.